The minimum atomic E-state index is -0.763. The molecule has 0 aliphatic rings. The summed E-state index contributed by atoms with van der Waals surface area (Å²) in [5.74, 6) is 0. The van der Waals surface area contributed by atoms with Crippen LogP contribution >= 0.6 is 23.2 Å². The van der Waals surface area contributed by atoms with Gasteiger partial charge in [0.15, 0.2) is 0 Å². The highest BCUT2D eigenvalue weighted by Crippen LogP contribution is 2.32. The largest absolute Gasteiger partial charge is 0.140 e. The maximum absolute atomic E-state index is 5.82. The molecule has 0 aromatic heterocycles. The summed E-state index contributed by atoms with van der Waals surface area (Å²) >= 11 is 11.6. The van der Waals surface area contributed by atoms with E-state index in [4.69, 9.17) is 23.2 Å². The first kappa shape index (κ1) is 15.5. The molecule has 0 heterocycles. The number of hydrogen-bond acceptors (Lipinski definition) is 0. The molecule has 2 heteroatoms. The Morgan fingerprint density at radius 3 is 1.44 bits per heavy atom. The first-order chi connectivity index (χ1) is 7.25. The predicted molar refractivity (Wildman–Crippen MR) is 75.2 cm³/mol. The topological polar surface area (TPSA) is 0 Å². The summed E-state index contributed by atoms with van der Waals surface area (Å²) in [6.45, 7) is 10.2. The zero-order valence-corrected chi connectivity index (χ0v) is 12.2. The molecule has 0 bridgehead atoms. The fourth-order valence-corrected chi connectivity index (χ4v) is 0.983. The van der Waals surface area contributed by atoms with Gasteiger partial charge in [-0.05, 0) is 40.2 Å². The maximum atomic E-state index is 5.82. The summed E-state index contributed by atoms with van der Waals surface area (Å²) in [7, 11) is 0. The molecule has 0 unspecified atom stereocenters. The third-order valence-corrected chi connectivity index (χ3v) is 2.72. The van der Waals surface area contributed by atoms with E-state index in [1.165, 1.54) is 11.1 Å². The lowest BCUT2D eigenvalue weighted by Gasteiger charge is -2.12. The monoisotopic (exact) mass is 258 g/mol. The normalized spacial score (nSPS) is 10.2. The van der Waals surface area contributed by atoms with Crippen LogP contribution in [0.2, 0.25) is 0 Å². The summed E-state index contributed by atoms with van der Waals surface area (Å²) in [6.07, 6.45) is 0. The molecular formula is C14H20Cl2. The van der Waals surface area contributed by atoms with Gasteiger partial charge in [0, 0.05) is 0 Å². The van der Waals surface area contributed by atoms with Crippen molar-refractivity contribution in [1.29, 1.82) is 0 Å². The molecule has 1 aromatic rings. The van der Waals surface area contributed by atoms with Crippen LogP contribution in [0, 0.1) is 0 Å². The van der Waals surface area contributed by atoms with Crippen molar-refractivity contribution >= 4 is 23.2 Å². The van der Waals surface area contributed by atoms with E-state index in [2.05, 4.69) is 27.7 Å². The molecule has 0 atom stereocenters. The van der Waals surface area contributed by atoms with Crippen molar-refractivity contribution in [2.45, 2.75) is 39.0 Å². The summed E-state index contributed by atoms with van der Waals surface area (Å²) < 4.78 is -0.763. The summed E-state index contributed by atoms with van der Waals surface area (Å²) in [5, 5.41) is 0. The Morgan fingerprint density at radius 2 is 1.25 bits per heavy atom. The SMILES string of the molecule is CC(C)=C(C)C.CC(Cl)(Cl)c1ccccc1. The van der Waals surface area contributed by atoms with Gasteiger partial charge in [0.2, 0.25) is 0 Å². The first-order valence-electron chi connectivity index (χ1n) is 5.29. The van der Waals surface area contributed by atoms with Gasteiger partial charge in [-0.3, -0.25) is 0 Å². The molecule has 0 fully saturated rings. The Kier molecular flexibility index (Phi) is 6.78. The zero-order valence-electron chi connectivity index (χ0n) is 10.6. The van der Waals surface area contributed by atoms with Crippen molar-refractivity contribution in [2.24, 2.45) is 0 Å². The fourth-order valence-electron chi connectivity index (χ4n) is 0.731. The van der Waals surface area contributed by atoms with Gasteiger partial charge in [-0.2, -0.15) is 0 Å². The second-order valence-corrected chi connectivity index (χ2v) is 5.96. The van der Waals surface area contributed by atoms with Crippen LogP contribution in [0.15, 0.2) is 41.5 Å². The van der Waals surface area contributed by atoms with Gasteiger partial charge < -0.3 is 0 Å². The molecule has 16 heavy (non-hydrogen) atoms. The van der Waals surface area contributed by atoms with Crippen LogP contribution in [0.5, 0.6) is 0 Å². The minimum Gasteiger partial charge on any atom is -0.0966 e. The lowest BCUT2D eigenvalue weighted by molar-refractivity contribution is 0.977. The predicted octanol–water partition coefficient (Wildman–Crippen LogP) is 5.70. The van der Waals surface area contributed by atoms with Gasteiger partial charge in [-0.15, -0.1) is 0 Å². The van der Waals surface area contributed by atoms with Gasteiger partial charge in [0.25, 0.3) is 0 Å². The Labute approximate surface area is 109 Å². The average molecular weight is 259 g/mol. The molecule has 90 valence electrons. The van der Waals surface area contributed by atoms with Crippen molar-refractivity contribution < 1.29 is 0 Å². The molecule has 0 aliphatic carbocycles. The molecule has 0 N–H and O–H groups in total. The van der Waals surface area contributed by atoms with Crippen molar-refractivity contribution in [3.05, 3.63) is 47.0 Å². The second kappa shape index (κ2) is 6.98. The lowest BCUT2D eigenvalue weighted by atomic mass is 10.2. The maximum Gasteiger partial charge on any atom is 0.140 e. The Bertz CT molecular complexity index is 314. The van der Waals surface area contributed by atoms with Crippen molar-refractivity contribution in [2.75, 3.05) is 0 Å². The summed E-state index contributed by atoms with van der Waals surface area (Å²) in [5.41, 5.74) is 3.78. The molecule has 0 saturated carbocycles. The summed E-state index contributed by atoms with van der Waals surface area (Å²) in [6, 6.07) is 9.57. The third-order valence-electron chi connectivity index (χ3n) is 2.28. The van der Waals surface area contributed by atoms with Crippen LogP contribution in [0.3, 0.4) is 0 Å². The Morgan fingerprint density at radius 1 is 0.875 bits per heavy atom. The Hall–Kier alpha value is -0.460. The number of alkyl halides is 2. The molecule has 0 saturated heterocycles. The fraction of sp³-hybridized carbons (Fsp3) is 0.429. The van der Waals surface area contributed by atoms with Gasteiger partial charge >= 0.3 is 0 Å². The van der Waals surface area contributed by atoms with E-state index in [9.17, 15) is 0 Å². The number of halogens is 2. The van der Waals surface area contributed by atoms with E-state index < -0.39 is 4.33 Å². The minimum absolute atomic E-state index is 0.763. The standard InChI is InChI=1S/C8H8Cl2.C6H12/c1-8(9,10)7-5-3-2-4-6-7;1-5(2)6(3)4/h2-6H,1H3;1-4H3. The van der Waals surface area contributed by atoms with Crippen molar-refractivity contribution in [1.82, 2.24) is 0 Å². The van der Waals surface area contributed by atoms with Crippen LogP contribution in [-0.4, -0.2) is 0 Å². The summed E-state index contributed by atoms with van der Waals surface area (Å²) in [4.78, 5) is 0. The van der Waals surface area contributed by atoms with E-state index in [0.29, 0.717) is 0 Å². The van der Waals surface area contributed by atoms with Gasteiger partial charge in [-0.25, -0.2) is 0 Å². The molecule has 1 aromatic carbocycles. The number of allylic oxidation sites excluding steroid dienone is 2. The smallest absolute Gasteiger partial charge is 0.0966 e. The van der Waals surface area contributed by atoms with E-state index in [0.717, 1.165) is 5.56 Å². The van der Waals surface area contributed by atoms with Crippen LogP contribution in [-0.2, 0) is 4.33 Å². The molecule has 0 nitrogen and oxygen atoms in total. The van der Waals surface area contributed by atoms with E-state index in [1.807, 2.05) is 30.3 Å². The van der Waals surface area contributed by atoms with Crippen LogP contribution in [0.1, 0.15) is 40.2 Å². The number of benzene rings is 1. The van der Waals surface area contributed by atoms with Crippen molar-refractivity contribution in [3.8, 4) is 0 Å². The highest BCUT2D eigenvalue weighted by molar-refractivity contribution is 6.47. The van der Waals surface area contributed by atoms with Gasteiger partial charge in [0.1, 0.15) is 4.33 Å². The first-order valence-corrected chi connectivity index (χ1v) is 6.04. The van der Waals surface area contributed by atoms with Gasteiger partial charge in [-0.1, -0.05) is 64.7 Å². The highest BCUT2D eigenvalue weighted by Gasteiger charge is 2.17. The van der Waals surface area contributed by atoms with Crippen LogP contribution in [0.4, 0.5) is 0 Å². The van der Waals surface area contributed by atoms with E-state index in [-0.39, 0.29) is 0 Å². The Balaban J connectivity index is 0.000000325. The second-order valence-electron chi connectivity index (χ2n) is 4.25. The quantitative estimate of drug-likeness (QED) is 0.448. The molecular weight excluding hydrogens is 239 g/mol. The molecule has 0 amide bonds. The lowest BCUT2D eigenvalue weighted by Crippen LogP contribution is -2.02. The van der Waals surface area contributed by atoms with E-state index >= 15 is 0 Å². The van der Waals surface area contributed by atoms with E-state index in [1.54, 1.807) is 6.92 Å². The average Bonchev–Trinajstić information content (AvgIpc) is 2.18. The molecule has 0 radical (unpaired) electrons. The molecule has 0 spiro atoms. The zero-order chi connectivity index (χ0) is 12.8. The third kappa shape index (κ3) is 6.92. The van der Waals surface area contributed by atoms with Crippen LogP contribution < -0.4 is 0 Å². The van der Waals surface area contributed by atoms with Gasteiger partial charge in [0.05, 0.1) is 0 Å². The van der Waals surface area contributed by atoms with Crippen LogP contribution in [0.25, 0.3) is 0 Å². The number of rotatable bonds is 1. The van der Waals surface area contributed by atoms with Crippen molar-refractivity contribution in [3.63, 3.8) is 0 Å². The molecule has 1 rings (SSSR count). The number of hydrogen-bond donors (Lipinski definition) is 0. The highest BCUT2D eigenvalue weighted by atomic mass is 35.5. The molecule has 0 aliphatic heterocycles.